The number of rotatable bonds is 5. The molecule has 7 heteroatoms. The Balaban J connectivity index is 1.60. The lowest BCUT2D eigenvalue weighted by molar-refractivity contribution is 0.180. The molecule has 3 rings (SSSR count). The van der Waals surface area contributed by atoms with Crippen LogP contribution in [0.25, 0.3) is 5.65 Å². The zero-order valence-corrected chi connectivity index (χ0v) is 14.2. The summed E-state index contributed by atoms with van der Waals surface area (Å²) >= 11 is 0. The van der Waals surface area contributed by atoms with Crippen LogP contribution in [0.2, 0.25) is 0 Å². The molecule has 2 aromatic heterocycles. The SMILES string of the molecule is C=C(C)CS(=O)(=O)N1CCN(Cc2cn3ccccc3n2)CC1. The zero-order valence-electron chi connectivity index (χ0n) is 13.4. The van der Waals surface area contributed by atoms with E-state index in [0.29, 0.717) is 18.7 Å². The van der Waals surface area contributed by atoms with Crippen LogP contribution in [0.3, 0.4) is 0 Å². The molecule has 0 N–H and O–H groups in total. The Morgan fingerprint density at radius 1 is 1.26 bits per heavy atom. The number of pyridine rings is 1. The summed E-state index contributed by atoms with van der Waals surface area (Å²) in [5.74, 6) is 0.0411. The van der Waals surface area contributed by atoms with Crippen molar-refractivity contribution in [3.63, 3.8) is 0 Å². The van der Waals surface area contributed by atoms with Gasteiger partial charge in [-0.1, -0.05) is 18.2 Å². The largest absolute Gasteiger partial charge is 0.307 e. The quantitative estimate of drug-likeness (QED) is 0.775. The summed E-state index contributed by atoms with van der Waals surface area (Å²) in [6, 6.07) is 5.92. The number of hydrogen-bond acceptors (Lipinski definition) is 4. The number of fused-ring (bicyclic) bond motifs is 1. The van der Waals surface area contributed by atoms with E-state index in [1.54, 1.807) is 11.2 Å². The summed E-state index contributed by atoms with van der Waals surface area (Å²) in [4.78, 5) is 6.84. The number of piperazine rings is 1. The van der Waals surface area contributed by atoms with E-state index in [-0.39, 0.29) is 5.75 Å². The van der Waals surface area contributed by atoms with Crippen LogP contribution in [0.15, 0.2) is 42.7 Å². The molecule has 0 radical (unpaired) electrons. The third-order valence-corrected chi connectivity index (χ3v) is 5.96. The standard InChI is InChI=1S/C16H22N4O2S/c1-14(2)13-23(21,22)20-9-7-18(8-10-20)11-15-12-19-6-4-3-5-16(19)17-15/h3-6,12H,1,7-11,13H2,2H3. The molecule has 0 aromatic carbocycles. The summed E-state index contributed by atoms with van der Waals surface area (Å²) in [7, 11) is -3.21. The van der Waals surface area contributed by atoms with Gasteiger partial charge in [-0.05, 0) is 19.1 Å². The molecule has 6 nitrogen and oxygen atoms in total. The van der Waals surface area contributed by atoms with Crippen LogP contribution < -0.4 is 0 Å². The third kappa shape index (κ3) is 3.80. The average Bonchev–Trinajstić information content (AvgIpc) is 2.88. The number of imidazole rings is 1. The lowest BCUT2D eigenvalue weighted by Gasteiger charge is -2.33. The highest BCUT2D eigenvalue weighted by molar-refractivity contribution is 7.89. The van der Waals surface area contributed by atoms with E-state index >= 15 is 0 Å². The van der Waals surface area contributed by atoms with Gasteiger partial charge in [-0.15, -0.1) is 0 Å². The van der Waals surface area contributed by atoms with E-state index in [4.69, 9.17) is 0 Å². The third-order valence-electron chi connectivity index (χ3n) is 3.95. The smallest absolute Gasteiger partial charge is 0.218 e. The van der Waals surface area contributed by atoms with E-state index in [2.05, 4.69) is 16.5 Å². The van der Waals surface area contributed by atoms with E-state index < -0.39 is 10.0 Å². The fourth-order valence-corrected chi connectivity index (χ4v) is 4.39. The predicted octanol–water partition coefficient (Wildman–Crippen LogP) is 1.36. The highest BCUT2D eigenvalue weighted by atomic mass is 32.2. The van der Waals surface area contributed by atoms with Crippen molar-refractivity contribution >= 4 is 15.7 Å². The number of aromatic nitrogens is 2. The topological polar surface area (TPSA) is 57.9 Å². The van der Waals surface area contributed by atoms with Crippen LogP contribution in [-0.2, 0) is 16.6 Å². The summed E-state index contributed by atoms with van der Waals surface area (Å²) < 4.78 is 28.0. The second-order valence-electron chi connectivity index (χ2n) is 6.09. The zero-order chi connectivity index (χ0) is 16.4. The van der Waals surface area contributed by atoms with Gasteiger partial charge < -0.3 is 4.40 Å². The molecule has 23 heavy (non-hydrogen) atoms. The van der Waals surface area contributed by atoms with Crippen molar-refractivity contribution in [2.45, 2.75) is 13.5 Å². The lowest BCUT2D eigenvalue weighted by Crippen LogP contribution is -2.48. The van der Waals surface area contributed by atoms with Crippen LogP contribution >= 0.6 is 0 Å². The van der Waals surface area contributed by atoms with Crippen molar-refractivity contribution < 1.29 is 8.42 Å². The highest BCUT2D eigenvalue weighted by Gasteiger charge is 2.26. The highest BCUT2D eigenvalue weighted by Crippen LogP contribution is 2.13. The summed E-state index contributed by atoms with van der Waals surface area (Å²) in [6.45, 7) is 8.71. The second-order valence-corrected chi connectivity index (χ2v) is 8.06. The second kappa shape index (κ2) is 6.43. The van der Waals surface area contributed by atoms with Gasteiger partial charge in [-0.2, -0.15) is 4.31 Å². The molecular weight excluding hydrogens is 312 g/mol. The Labute approximate surface area is 137 Å². The van der Waals surface area contributed by atoms with Crippen molar-refractivity contribution in [2.24, 2.45) is 0 Å². The van der Waals surface area contributed by atoms with Crippen molar-refractivity contribution in [1.82, 2.24) is 18.6 Å². The van der Waals surface area contributed by atoms with Crippen LogP contribution in [-0.4, -0.2) is 58.9 Å². The van der Waals surface area contributed by atoms with Crippen LogP contribution in [0.4, 0.5) is 0 Å². The molecule has 0 saturated carbocycles. The van der Waals surface area contributed by atoms with Gasteiger partial charge in [0.05, 0.1) is 11.4 Å². The molecule has 0 spiro atoms. The average molecular weight is 334 g/mol. The number of sulfonamides is 1. The minimum Gasteiger partial charge on any atom is -0.307 e. The monoisotopic (exact) mass is 334 g/mol. The van der Waals surface area contributed by atoms with Crippen molar-refractivity contribution in [1.29, 1.82) is 0 Å². The molecule has 1 fully saturated rings. The minimum absolute atomic E-state index is 0.0411. The van der Waals surface area contributed by atoms with Gasteiger partial charge in [0.1, 0.15) is 5.65 Å². The molecule has 0 bridgehead atoms. The van der Waals surface area contributed by atoms with E-state index in [9.17, 15) is 8.42 Å². The van der Waals surface area contributed by atoms with E-state index in [1.807, 2.05) is 35.0 Å². The van der Waals surface area contributed by atoms with E-state index in [0.717, 1.165) is 31.0 Å². The number of hydrogen-bond donors (Lipinski definition) is 0. The minimum atomic E-state index is -3.21. The van der Waals surface area contributed by atoms with Gasteiger partial charge in [-0.25, -0.2) is 13.4 Å². The summed E-state index contributed by atoms with van der Waals surface area (Å²) in [5.41, 5.74) is 2.62. The van der Waals surface area contributed by atoms with Crippen LogP contribution in [0.5, 0.6) is 0 Å². The summed E-state index contributed by atoms with van der Waals surface area (Å²) in [6.07, 6.45) is 4.01. The van der Waals surface area contributed by atoms with Gasteiger partial charge in [0.2, 0.25) is 10.0 Å². The molecule has 0 amide bonds. The molecule has 1 saturated heterocycles. The molecule has 1 aliphatic rings. The normalized spacial score (nSPS) is 17.6. The first-order valence-corrected chi connectivity index (χ1v) is 9.32. The fourth-order valence-electron chi connectivity index (χ4n) is 2.86. The molecule has 1 aliphatic heterocycles. The number of nitrogens with zero attached hydrogens (tertiary/aromatic N) is 4. The van der Waals surface area contributed by atoms with Crippen LogP contribution in [0.1, 0.15) is 12.6 Å². The first kappa shape index (κ1) is 16.2. The van der Waals surface area contributed by atoms with Gasteiger partial charge >= 0.3 is 0 Å². The van der Waals surface area contributed by atoms with Gasteiger partial charge in [0.25, 0.3) is 0 Å². The fraction of sp³-hybridized carbons (Fsp3) is 0.438. The maximum Gasteiger partial charge on any atom is 0.218 e. The Morgan fingerprint density at radius 3 is 2.65 bits per heavy atom. The lowest BCUT2D eigenvalue weighted by atomic mass is 10.3. The van der Waals surface area contributed by atoms with E-state index in [1.165, 1.54) is 0 Å². The van der Waals surface area contributed by atoms with Gasteiger partial charge in [0, 0.05) is 45.1 Å². The molecule has 3 heterocycles. The molecule has 0 unspecified atom stereocenters. The molecule has 124 valence electrons. The first-order valence-electron chi connectivity index (χ1n) is 7.71. The van der Waals surface area contributed by atoms with Gasteiger partial charge in [0.15, 0.2) is 0 Å². The first-order chi connectivity index (χ1) is 10.9. The van der Waals surface area contributed by atoms with Crippen molar-refractivity contribution in [3.8, 4) is 0 Å². The Kier molecular flexibility index (Phi) is 4.52. The van der Waals surface area contributed by atoms with Crippen LogP contribution in [0, 0.1) is 0 Å². The maximum atomic E-state index is 12.2. The predicted molar refractivity (Wildman–Crippen MR) is 90.6 cm³/mol. The van der Waals surface area contributed by atoms with Crippen molar-refractivity contribution in [3.05, 3.63) is 48.4 Å². The molecular formula is C16H22N4O2S. The Bertz CT molecular complexity index is 771. The molecule has 2 aromatic rings. The maximum absolute atomic E-state index is 12.2. The Morgan fingerprint density at radius 2 is 2.00 bits per heavy atom. The van der Waals surface area contributed by atoms with Crippen molar-refractivity contribution in [2.75, 3.05) is 31.9 Å². The molecule has 0 aliphatic carbocycles. The molecule has 0 atom stereocenters. The Hall–Kier alpha value is -1.70. The summed E-state index contributed by atoms with van der Waals surface area (Å²) in [5, 5.41) is 0. The van der Waals surface area contributed by atoms with Gasteiger partial charge in [-0.3, -0.25) is 4.90 Å².